The van der Waals surface area contributed by atoms with E-state index in [2.05, 4.69) is 47.1 Å². The number of pyridine rings is 1. The number of nitrogens with zero attached hydrogens (tertiary/aromatic N) is 2. The van der Waals surface area contributed by atoms with E-state index in [9.17, 15) is 0 Å². The maximum atomic E-state index is 5.46. The molecule has 0 radical (unpaired) electrons. The Labute approximate surface area is 123 Å². The van der Waals surface area contributed by atoms with E-state index in [0.29, 0.717) is 0 Å². The second-order valence-corrected chi connectivity index (χ2v) is 5.49. The predicted octanol–water partition coefficient (Wildman–Crippen LogP) is 3.12. The molecule has 3 heterocycles. The smallest absolute Gasteiger partial charge is 0.140 e. The van der Waals surface area contributed by atoms with E-state index in [1.54, 1.807) is 0 Å². The molecule has 0 spiro atoms. The van der Waals surface area contributed by atoms with Crippen LogP contribution in [0.5, 0.6) is 0 Å². The molecule has 2 aromatic heterocycles. The van der Waals surface area contributed by atoms with Gasteiger partial charge < -0.3 is 14.6 Å². The Morgan fingerprint density at radius 1 is 1.14 bits per heavy atom. The molecule has 0 amide bonds. The predicted molar refractivity (Wildman–Crippen MR) is 86.0 cm³/mol. The van der Waals surface area contributed by atoms with Gasteiger partial charge in [-0.25, -0.2) is 4.98 Å². The summed E-state index contributed by atoms with van der Waals surface area (Å²) in [4.78, 5) is 10.7. The highest BCUT2D eigenvalue weighted by Gasteiger charge is 2.17. The highest BCUT2D eigenvalue weighted by molar-refractivity contribution is 6.09. The van der Waals surface area contributed by atoms with Crippen molar-refractivity contribution in [1.82, 2.24) is 9.97 Å². The van der Waals surface area contributed by atoms with Gasteiger partial charge in [-0.15, -0.1) is 0 Å². The first-order valence-corrected chi connectivity index (χ1v) is 7.60. The van der Waals surface area contributed by atoms with E-state index in [0.717, 1.165) is 44.2 Å². The number of aromatic nitrogens is 2. The number of aromatic amines is 1. The van der Waals surface area contributed by atoms with E-state index in [4.69, 9.17) is 9.72 Å². The number of H-pyrrole nitrogens is 1. The zero-order chi connectivity index (χ0) is 14.2. The minimum absolute atomic E-state index is 0.777. The van der Waals surface area contributed by atoms with Crippen LogP contribution in [0.2, 0.25) is 0 Å². The van der Waals surface area contributed by atoms with Gasteiger partial charge in [-0.05, 0) is 17.9 Å². The van der Waals surface area contributed by atoms with Crippen LogP contribution in [0.4, 0.5) is 5.82 Å². The average molecular weight is 281 g/mol. The van der Waals surface area contributed by atoms with Crippen molar-refractivity contribution in [2.45, 2.75) is 13.3 Å². The van der Waals surface area contributed by atoms with Crippen LogP contribution < -0.4 is 4.90 Å². The fraction of sp³-hybridized carbons (Fsp3) is 0.353. The standard InChI is InChI=1S/C17H19N3O/c1-2-12-11-15-13-5-3-4-6-14(13)17(19-16(15)18-12)20-7-9-21-10-8-20/h3-6,11H,2,7-10H2,1H3,(H,18,19). The molecule has 4 nitrogen and oxygen atoms in total. The fourth-order valence-corrected chi connectivity index (χ4v) is 3.08. The van der Waals surface area contributed by atoms with Crippen molar-refractivity contribution in [1.29, 1.82) is 0 Å². The lowest BCUT2D eigenvalue weighted by molar-refractivity contribution is 0.122. The van der Waals surface area contributed by atoms with Crippen LogP contribution in [-0.4, -0.2) is 36.3 Å². The molecule has 0 aliphatic carbocycles. The van der Waals surface area contributed by atoms with Crippen molar-refractivity contribution < 1.29 is 4.74 Å². The molecule has 1 aliphatic rings. The Bertz CT molecular complexity index is 787. The molecule has 4 rings (SSSR count). The van der Waals surface area contributed by atoms with Crippen LogP contribution in [0.15, 0.2) is 30.3 Å². The zero-order valence-corrected chi connectivity index (χ0v) is 12.2. The first-order valence-electron chi connectivity index (χ1n) is 7.60. The molecule has 0 atom stereocenters. The second-order valence-electron chi connectivity index (χ2n) is 5.49. The summed E-state index contributed by atoms with van der Waals surface area (Å²) in [5, 5.41) is 3.73. The van der Waals surface area contributed by atoms with Crippen molar-refractivity contribution >= 4 is 27.6 Å². The van der Waals surface area contributed by atoms with Crippen LogP contribution in [0.3, 0.4) is 0 Å². The van der Waals surface area contributed by atoms with E-state index in [1.807, 2.05) is 0 Å². The monoisotopic (exact) mass is 281 g/mol. The first-order chi connectivity index (χ1) is 10.4. The Kier molecular flexibility index (Phi) is 3.04. The summed E-state index contributed by atoms with van der Waals surface area (Å²) in [6.45, 7) is 5.53. The van der Waals surface area contributed by atoms with E-state index in [1.165, 1.54) is 21.9 Å². The molecule has 0 bridgehead atoms. The lowest BCUT2D eigenvalue weighted by Gasteiger charge is -2.28. The zero-order valence-electron chi connectivity index (χ0n) is 12.2. The molecule has 0 unspecified atom stereocenters. The van der Waals surface area contributed by atoms with Gasteiger partial charge in [-0.2, -0.15) is 0 Å². The third kappa shape index (κ3) is 2.07. The number of aryl methyl sites for hydroxylation is 1. The number of nitrogens with one attached hydrogen (secondary N) is 1. The molecule has 3 aromatic rings. The summed E-state index contributed by atoms with van der Waals surface area (Å²) >= 11 is 0. The summed E-state index contributed by atoms with van der Waals surface area (Å²) in [6.07, 6.45) is 0.998. The molecule has 1 fully saturated rings. The Hall–Kier alpha value is -2.07. The maximum Gasteiger partial charge on any atom is 0.140 e. The molecule has 0 saturated carbocycles. The number of anilines is 1. The third-order valence-corrected chi connectivity index (χ3v) is 4.22. The maximum absolute atomic E-state index is 5.46. The van der Waals surface area contributed by atoms with Gasteiger partial charge in [0.05, 0.1) is 13.2 Å². The average Bonchev–Trinajstić information content (AvgIpc) is 2.98. The number of morpholine rings is 1. The SMILES string of the molecule is CCc1cc2c(nc(N3CCOCC3)c3ccccc32)[nH]1. The molecule has 108 valence electrons. The topological polar surface area (TPSA) is 41.2 Å². The lowest BCUT2D eigenvalue weighted by Crippen LogP contribution is -2.36. The Morgan fingerprint density at radius 2 is 1.90 bits per heavy atom. The van der Waals surface area contributed by atoms with Gasteiger partial charge in [0.25, 0.3) is 0 Å². The molecular weight excluding hydrogens is 262 g/mol. The van der Waals surface area contributed by atoms with Crippen LogP contribution in [0.25, 0.3) is 21.8 Å². The van der Waals surface area contributed by atoms with Gasteiger partial charge in [0, 0.05) is 29.6 Å². The van der Waals surface area contributed by atoms with Crippen molar-refractivity contribution in [2.24, 2.45) is 0 Å². The largest absolute Gasteiger partial charge is 0.378 e. The Balaban J connectivity index is 1.98. The van der Waals surface area contributed by atoms with Gasteiger partial charge in [0.2, 0.25) is 0 Å². The fourth-order valence-electron chi connectivity index (χ4n) is 3.08. The van der Waals surface area contributed by atoms with E-state index >= 15 is 0 Å². The van der Waals surface area contributed by atoms with Gasteiger partial charge in [-0.1, -0.05) is 31.2 Å². The minimum atomic E-state index is 0.777. The summed E-state index contributed by atoms with van der Waals surface area (Å²) in [5.74, 6) is 1.07. The normalized spacial score (nSPS) is 16.0. The summed E-state index contributed by atoms with van der Waals surface area (Å²) < 4.78 is 5.46. The van der Waals surface area contributed by atoms with Crippen molar-refractivity contribution in [3.05, 3.63) is 36.0 Å². The van der Waals surface area contributed by atoms with Crippen molar-refractivity contribution in [3.8, 4) is 0 Å². The number of rotatable bonds is 2. The molecule has 1 saturated heterocycles. The van der Waals surface area contributed by atoms with Crippen molar-refractivity contribution in [2.75, 3.05) is 31.2 Å². The molecule has 1 aliphatic heterocycles. The van der Waals surface area contributed by atoms with E-state index < -0.39 is 0 Å². The summed E-state index contributed by atoms with van der Waals surface area (Å²) in [5.41, 5.74) is 2.23. The molecule has 21 heavy (non-hydrogen) atoms. The van der Waals surface area contributed by atoms with Crippen LogP contribution in [0.1, 0.15) is 12.6 Å². The van der Waals surface area contributed by atoms with Gasteiger partial charge in [0.15, 0.2) is 0 Å². The summed E-state index contributed by atoms with van der Waals surface area (Å²) in [6, 6.07) is 10.8. The number of fused-ring (bicyclic) bond motifs is 3. The first kappa shape index (κ1) is 12.7. The quantitative estimate of drug-likeness (QED) is 0.784. The van der Waals surface area contributed by atoms with Crippen molar-refractivity contribution in [3.63, 3.8) is 0 Å². The highest BCUT2D eigenvalue weighted by Crippen LogP contribution is 2.32. The van der Waals surface area contributed by atoms with Gasteiger partial charge >= 0.3 is 0 Å². The third-order valence-electron chi connectivity index (χ3n) is 4.22. The van der Waals surface area contributed by atoms with E-state index in [-0.39, 0.29) is 0 Å². The van der Waals surface area contributed by atoms with Crippen LogP contribution in [0, 0.1) is 0 Å². The number of hydrogen-bond donors (Lipinski definition) is 1. The number of ether oxygens (including phenoxy) is 1. The second kappa shape index (κ2) is 5.04. The molecule has 1 N–H and O–H groups in total. The number of hydrogen-bond acceptors (Lipinski definition) is 3. The molecular formula is C17H19N3O. The summed E-state index contributed by atoms with van der Waals surface area (Å²) in [7, 11) is 0. The lowest BCUT2D eigenvalue weighted by atomic mass is 10.1. The molecule has 1 aromatic carbocycles. The number of benzene rings is 1. The van der Waals surface area contributed by atoms with Gasteiger partial charge in [-0.3, -0.25) is 0 Å². The van der Waals surface area contributed by atoms with Crippen LogP contribution >= 0.6 is 0 Å². The molecule has 4 heteroatoms. The van der Waals surface area contributed by atoms with Gasteiger partial charge in [0.1, 0.15) is 11.5 Å². The minimum Gasteiger partial charge on any atom is -0.378 e. The highest BCUT2D eigenvalue weighted by atomic mass is 16.5. The Morgan fingerprint density at radius 3 is 2.67 bits per heavy atom. The van der Waals surface area contributed by atoms with Crippen LogP contribution in [-0.2, 0) is 11.2 Å².